The third kappa shape index (κ3) is 3.70. The smallest absolute Gasteiger partial charge is 0.255 e. The van der Waals surface area contributed by atoms with Crippen LogP contribution in [0, 0.1) is 0 Å². The normalized spacial score (nSPS) is 10.3. The van der Waals surface area contributed by atoms with Gasteiger partial charge in [0.25, 0.3) is 5.91 Å². The van der Waals surface area contributed by atoms with Gasteiger partial charge in [0, 0.05) is 21.1 Å². The van der Waals surface area contributed by atoms with Gasteiger partial charge in [0.15, 0.2) is 0 Å². The summed E-state index contributed by atoms with van der Waals surface area (Å²) in [5.41, 5.74) is 3.80. The van der Waals surface area contributed by atoms with Crippen molar-refractivity contribution in [1.82, 2.24) is 0 Å². The van der Waals surface area contributed by atoms with Crippen LogP contribution < -0.4 is 5.32 Å². The lowest BCUT2D eigenvalue weighted by Crippen LogP contribution is -2.13. The minimum atomic E-state index is -0.0804. The number of rotatable bonds is 4. The lowest BCUT2D eigenvalue weighted by atomic mass is 10.1. The molecule has 1 N–H and O–H groups in total. The third-order valence-electron chi connectivity index (χ3n) is 3.07. The number of hydrogen-bond acceptors (Lipinski definition) is 1. The molecule has 0 radical (unpaired) electrons. The van der Waals surface area contributed by atoms with E-state index < -0.39 is 0 Å². The summed E-state index contributed by atoms with van der Waals surface area (Å²) in [5, 5.41) is 3.76. The molecule has 2 rings (SSSR count). The van der Waals surface area contributed by atoms with Crippen molar-refractivity contribution in [3.05, 3.63) is 63.6 Å². The first-order chi connectivity index (χ1) is 9.63. The average Bonchev–Trinajstić information content (AvgIpc) is 2.49. The zero-order chi connectivity index (χ0) is 14.5. The number of anilines is 1. The van der Waals surface area contributed by atoms with Crippen LogP contribution in [0.5, 0.6) is 0 Å². The summed E-state index contributed by atoms with van der Waals surface area (Å²) >= 11 is 6.84. The largest absolute Gasteiger partial charge is 0.322 e. The van der Waals surface area contributed by atoms with Crippen LogP contribution in [0.3, 0.4) is 0 Å². The highest BCUT2D eigenvalue weighted by Crippen LogP contribution is 2.22. The van der Waals surface area contributed by atoms with E-state index in [9.17, 15) is 4.79 Å². The Kier molecular flexibility index (Phi) is 5.38. The second kappa shape index (κ2) is 7.04. The molecule has 20 heavy (non-hydrogen) atoms. The Bertz CT molecular complexity index is 608. The van der Waals surface area contributed by atoms with E-state index in [1.165, 1.54) is 0 Å². The van der Waals surface area contributed by atoms with Crippen molar-refractivity contribution in [2.75, 3.05) is 5.32 Å². The highest BCUT2D eigenvalue weighted by molar-refractivity contribution is 9.10. The number of halogens is 2. The van der Waals surface area contributed by atoms with Crippen LogP contribution in [-0.4, -0.2) is 5.91 Å². The van der Waals surface area contributed by atoms with Crippen molar-refractivity contribution in [3.63, 3.8) is 0 Å². The van der Waals surface area contributed by atoms with Crippen LogP contribution in [0.4, 0.5) is 5.69 Å². The van der Waals surface area contributed by atoms with E-state index in [0.717, 1.165) is 33.0 Å². The van der Waals surface area contributed by atoms with Gasteiger partial charge in [-0.15, -0.1) is 0 Å². The Morgan fingerprint density at radius 1 is 1.15 bits per heavy atom. The number of amides is 1. The maximum atomic E-state index is 12.2. The summed E-state index contributed by atoms with van der Waals surface area (Å²) in [4.78, 5) is 12.2. The van der Waals surface area contributed by atoms with Gasteiger partial charge in [0.2, 0.25) is 0 Å². The van der Waals surface area contributed by atoms with Crippen molar-refractivity contribution in [1.29, 1.82) is 0 Å². The van der Waals surface area contributed by atoms with Gasteiger partial charge in [-0.3, -0.25) is 4.79 Å². The van der Waals surface area contributed by atoms with Crippen molar-refractivity contribution in [3.8, 4) is 0 Å². The first kappa shape index (κ1) is 15.3. The molecule has 104 valence electrons. The van der Waals surface area contributed by atoms with Crippen LogP contribution in [0.15, 0.2) is 46.9 Å². The summed E-state index contributed by atoms with van der Waals surface area (Å²) in [5.74, 6) is -0.0804. The predicted molar refractivity (Wildman–Crippen MR) is 90.5 cm³/mol. The van der Waals surface area contributed by atoms with Crippen LogP contribution in [-0.2, 0) is 11.8 Å². The molecule has 0 spiro atoms. The number of nitrogens with one attached hydrogen (secondary N) is 1. The number of alkyl halides is 1. The fourth-order valence-corrected chi connectivity index (χ4v) is 2.70. The lowest BCUT2D eigenvalue weighted by Gasteiger charge is -2.10. The molecule has 0 unspecified atom stereocenters. The Balaban J connectivity index is 2.18. The summed E-state index contributed by atoms with van der Waals surface area (Å²) in [6, 6.07) is 13.5. The number of aryl methyl sites for hydroxylation is 1. The van der Waals surface area contributed by atoms with Gasteiger partial charge >= 0.3 is 0 Å². The van der Waals surface area contributed by atoms with Crippen molar-refractivity contribution in [2.45, 2.75) is 18.7 Å². The molecule has 0 heterocycles. The maximum absolute atomic E-state index is 12.2. The molecule has 0 saturated heterocycles. The monoisotopic (exact) mass is 395 g/mol. The van der Waals surface area contributed by atoms with Crippen LogP contribution in [0.25, 0.3) is 0 Å². The molecule has 0 atom stereocenters. The summed E-state index contributed by atoms with van der Waals surface area (Å²) < 4.78 is 1.02. The highest BCUT2D eigenvalue weighted by atomic mass is 79.9. The fourth-order valence-electron chi connectivity index (χ4n) is 1.92. The van der Waals surface area contributed by atoms with Gasteiger partial charge in [-0.05, 0) is 47.9 Å². The van der Waals surface area contributed by atoms with E-state index in [2.05, 4.69) is 44.1 Å². The average molecular weight is 397 g/mol. The topological polar surface area (TPSA) is 29.1 Å². The minimum Gasteiger partial charge on any atom is -0.322 e. The number of carbonyl (C=O) groups is 1. The Morgan fingerprint density at radius 3 is 2.45 bits per heavy atom. The lowest BCUT2D eigenvalue weighted by molar-refractivity contribution is 0.102. The molecule has 0 fully saturated rings. The van der Waals surface area contributed by atoms with Crippen LogP contribution in [0.1, 0.15) is 28.4 Å². The number of carbonyl (C=O) groups excluding carboxylic acids is 1. The molecule has 2 aromatic carbocycles. The minimum absolute atomic E-state index is 0.0804. The first-order valence-corrected chi connectivity index (χ1v) is 8.30. The van der Waals surface area contributed by atoms with E-state index in [1.54, 1.807) is 0 Å². The summed E-state index contributed by atoms with van der Waals surface area (Å²) in [6.45, 7) is 2.07. The number of hydrogen-bond donors (Lipinski definition) is 1. The molecule has 0 aromatic heterocycles. The van der Waals surface area contributed by atoms with E-state index in [0.29, 0.717) is 5.56 Å². The third-order valence-corrected chi connectivity index (χ3v) is 4.21. The van der Waals surface area contributed by atoms with Gasteiger partial charge in [-0.2, -0.15) is 0 Å². The Hall–Kier alpha value is -1.13. The van der Waals surface area contributed by atoms with Gasteiger partial charge in [-0.1, -0.05) is 50.9 Å². The molecule has 0 saturated carbocycles. The SMILES string of the molecule is CCc1cc(Br)ccc1NC(=O)c1ccc(CBr)cc1. The Morgan fingerprint density at radius 2 is 1.85 bits per heavy atom. The van der Waals surface area contributed by atoms with Crippen molar-refractivity contribution >= 4 is 43.5 Å². The molecule has 2 nitrogen and oxygen atoms in total. The first-order valence-electron chi connectivity index (χ1n) is 6.38. The van der Waals surface area contributed by atoms with Crippen molar-refractivity contribution < 1.29 is 4.79 Å². The second-order valence-electron chi connectivity index (χ2n) is 4.44. The summed E-state index contributed by atoms with van der Waals surface area (Å²) in [6.07, 6.45) is 0.873. The van der Waals surface area contributed by atoms with Gasteiger partial charge < -0.3 is 5.32 Å². The standard InChI is InChI=1S/C16H15Br2NO/c1-2-12-9-14(18)7-8-15(12)19-16(20)13-5-3-11(10-17)4-6-13/h3-9H,2,10H2,1H3,(H,19,20). The highest BCUT2D eigenvalue weighted by Gasteiger charge is 2.08. The van der Waals surface area contributed by atoms with Crippen molar-refractivity contribution in [2.24, 2.45) is 0 Å². The van der Waals surface area contributed by atoms with Crippen LogP contribution in [0.2, 0.25) is 0 Å². The molecule has 2 aromatic rings. The molecule has 1 amide bonds. The van der Waals surface area contributed by atoms with E-state index >= 15 is 0 Å². The zero-order valence-electron chi connectivity index (χ0n) is 11.1. The maximum Gasteiger partial charge on any atom is 0.255 e. The van der Waals surface area contributed by atoms with E-state index in [-0.39, 0.29) is 5.91 Å². The summed E-state index contributed by atoms with van der Waals surface area (Å²) in [7, 11) is 0. The number of benzene rings is 2. The van der Waals surface area contributed by atoms with E-state index in [4.69, 9.17) is 0 Å². The molecule has 0 aliphatic carbocycles. The molecular weight excluding hydrogens is 382 g/mol. The molecular formula is C16H15Br2NO. The second-order valence-corrected chi connectivity index (χ2v) is 5.92. The predicted octanol–water partition coefficient (Wildman–Crippen LogP) is 5.16. The molecule has 4 heteroatoms. The Labute approximate surface area is 135 Å². The van der Waals surface area contributed by atoms with Gasteiger partial charge in [0.05, 0.1) is 0 Å². The molecule has 0 bridgehead atoms. The van der Waals surface area contributed by atoms with Gasteiger partial charge in [-0.25, -0.2) is 0 Å². The quantitative estimate of drug-likeness (QED) is 0.710. The fraction of sp³-hybridized carbons (Fsp3) is 0.188. The molecule has 0 aliphatic heterocycles. The van der Waals surface area contributed by atoms with Crippen LogP contribution >= 0.6 is 31.9 Å². The zero-order valence-corrected chi connectivity index (χ0v) is 14.3. The van der Waals surface area contributed by atoms with Gasteiger partial charge in [0.1, 0.15) is 0 Å². The molecule has 0 aliphatic rings. The van der Waals surface area contributed by atoms with E-state index in [1.807, 2.05) is 42.5 Å².